The van der Waals surface area contributed by atoms with E-state index >= 15 is 0 Å². The fraction of sp³-hybridized carbons (Fsp3) is 0.667. The van der Waals surface area contributed by atoms with E-state index in [9.17, 15) is 4.79 Å². The number of carbonyl (C=O) groups is 1. The van der Waals surface area contributed by atoms with Gasteiger partial charge in [-0.2, -0.15) is 0 Å². The van der Waals surface area contributed by atoms with Crippen LogP contribution in [0.2, 0.25) is 0 Å². The molecule has 0 fully saturated rings. The van der Waals surface area contributed by atoms with E-state index in [-0.39, 0.29) is 12.5 Å². The zero-order valence-electron chi connectivity index (χ0n) is 7.99. The van der Waals surface area contributed by atoms with Gasteiger partial charge in [0.15, 0.2) is 5.72 Å². The van der Waals surface area contributed by atoms with Gasteiger partial charge in [0.25, 0.3) is 0 Å². The Balaban J connectivity index is 2.64. The van der Waals surface area contributed by atoms with Gasteiger partial charge < -0.3 is 14.7 Å². The van der Waals surface area contributed by atoms with Crippen LogP contribution >= 0.6 is 0 Å². The average molecular weight is 185 g/mol. The predicted octanol–water partition coefficient (Wildman–Crippen LogP) is 0.130. The smallest absolute Gasteiger partial charge is 0.248 e. The molecule has 0 aromatic heterocycles. The molecule has 0 spiro atoms. The van der Waals surface area contributed by atoms with Gasteiger partial charge in [-0.1, -0.05) is 0 Å². The highest BCUT2D eigenvalue weighted by atomic mass is 16.5. The summed E-state index contributed by atoms with van der Waals surface area (Å²) >= 11 is 0. The number of nitrogens with zero attached hydrogens (tertiary/aromatic N) is 1. The number of amides is 1. The summed E-state index contributed by atoms with van der Waals surface area (Å²) in [5.74, 6) is -0.0576. The van der Waals surface area contributed by atoms with Crippen LogP contribution in [0.25, 0.3) is 0 Å². The molecule has 4 heteroatoms. The van der Waals surface area contributed by atoms with Crippen molar-refractivity contribution in [3.05, 3.63) is 12.2 Å². The van der Waals surface area contributed by atoms with Crippen molar-refractivity contribution in [3.63, 3.8) is 0 Å². The fourth-order valence-corrected chi connectivity index (χ4v) is 1.36. The first-order valence-electron chi connectivity index (χ1n) is 4.31. The number of hydrogen-bond acceptors (Lipinski definition) is 3. The Bertz CT molecular complexity index is 227. The number of methoxy groups -OCH3 is 1. The molecule has 1 amide bonds. The molecule has 0 saturated carbocycles. The second-order valence-electron chi connectivity index (χ2n) is 3.16. The van der Waals surface area contributed by atoms with Crippen molar-refractivity contribution >= 4 is 5.91 Å². The molecule has 74 valence electrons. The highest BCUT2D eigenvalue weighted by Gasteiger charge is 2.36. The molecule has 0 radical (unpaired) electrons. The van der Waals surface area contributed by atoms with Gasteiger partial charge in [0, 0.05) is 26.3 Å². The zero-order valence-corrected chi connectivity index (χ0v) is 7.99. The van der Waals surface area contributed by atoms with Crippen LogP contribution in [-0.2, 0) is 9.53 Å². The maximum absolute atomic E-state index is 11.3. The average Bonchev–Trinajstić information content (AvgIpc) is 2.41. The number of ether oxygens (including phenoxy) is 1. The summed E-state index contributed by atoms with van der Waals surface area (Å²) in [5.41, 5.74) is -0.633. The number of hydrogen-bond donors (Lipinski definition) is 1. The van der Waals surface area contributed by atoms with Crippen molar-refractivity contribution < 1.29 is 14.6 Å². The molecule has 4 nitrogen and oxygen atoms in total. The van der Waals surface area contributed by atoms with Crippen molar-refractivity contribution in [1.29, 1.82) is 0 Å². The van der Waals surface area contributed by atoms with Crippen molar-refractivity contribution in [2.75, 3.05) is 20.3 Å². The molecular formula is C9H15NO3. The van der Waals surface area contributed by atoms with Gasteiger partial charge >= 0.3 is 0 Å². The summed E-state index contributed by atoms with van der Waals surface area (Å²) < 4.78 is 5.22. The van der Waals surface area contributed by atoms with E-state index < -0.39 is 5.72 Å². The first-order chi connectivity index (χ1) is 6.14. The standard InChI is InChI=1S/C9H15NO3/c1-9(13-2)5-4-8(12)10(9)6-3-7-11/h4-5,11H,3,6-7H2,1-2H3. The minimum atomic E-state index is -0.633. The second-order valence-corrected chi connectivity index (χ2v) is 3.16. The van der Waals surface area contributed by atoms with E-state index in [0.29, 0.717) is 13.0 Å². The van der Waals surface area contributed by atoms with Gasteiger partial charge in [-0.25, -0.2) is 0 Å². The molecule has 1 unspecified atom stereocenters. The zero-order chi connectivity index (χ0) is 9.90. The first-order valence-corrected chi connectivity index (χ1v) is 4.31. The maximum atomic E-state index is 11.3. The number of aliphatic hydroxyl groups excluding tert-OH is 1. The van der Waals surface area contributed by atoms with Gasteiger partial charge in [0.2, 0.25) is 5.91 Å². The summed E-state index contributed by atoms with van der Waals surface area (Å²) in [6.45, 7) is 2.43. The molecule has 1 N–H and O–H groups in total. The Morgan fingerprint density at radius 1 is 1.69 bits per heavy atom. The first kappa shape index (κ1) is 10.2. The molecule has 1 heterocycles. The third kappa shape index (κ3) is 1.89. The Morgan fingerprint density at radius 2 is 2.38 bits per heavy atom. The summed E-state index contributed by atoms with van der Waals surface area (Å²) in [6.07, 6.45) is 3.81. The van der Waals surface area contributed by atoms with E-state index in [4.69, 9.17) is 9.84 Å². The Morgan fingerprint density at radius 3 is 2.92 bits per heavy atom. The van der Waals surface area contributed by atoms with Gasteiger partial charge in [-0.15, -0.1) is 0 Å². The van der Waals surface area contributed by atoms with E-state index in [1.165, 1.54) is 6.08 Å². The quantitative estimate of drug-likeness (QED) is 0.677. The lowest BCUT2D eigenvalue weighted by atomic mass is 10.2. The third-order valence-corrected chi connectivity index (χ3v) is 2.29. The molecule has 13 heavy (non-hydrogen) atoms. The second kappa shape index (κ2) is 3.89. The van der Waals surface area contributed by atoms with E-state index in [1.807, 2.05) is 6.92 Å². The Kier molecular flexibility index (Phi) is 3.06. The predicted molar refractivity (Wildman–Crippen MR) is 48.0 cm³/mol. The maximum Gasteiger partial charge on any atom is 0.248 e. The van der Waals surface area contributed by atoms with Crippen LogP contribution < -0.4 is 0 Å². The molecule has 1 atom stereocenters. The van der Waals surface area contributed by atoms with Crippen molar-refractivity contribution in [1.82, 2.24) is 4.90 Å². The summed E-state index contributed by atoms with van der Waals surface area (Å²) in [7, 11) is 1.56. The van der Waals surface area contributed by atoms with Crippen LogP contribution in [0.5, 0.6) is 0 Å². The van der Waals surface area contributed by atoms with Crippen LogP contribution in [-0.4, -0.2) is 41.9 Å². The minimum absolute atomic E-state index is 0.0576. The van der Waals surface area contributed by atoms with Crippen LogP contribution in [0, 0.1) is 0 Å². The minimum Gasteiger partial charge on any atom is -0.396 e. The Hall–Kier alpha value is -0.870. The van der Waals surface area contributed by atoms with Crippen molar-refractivity contribution in [2.24, 2.45) is 0 Å². The molecule has 0 bridgehead atoms. The van der Waals surface area contributed by atoms with Gasteiger partial charge in [0.05, 0.1) is 0 Å². The van der Waals surface area contributed by atoms with Crippen LogP contribution in [0.3, 0.4) is 0 Å². The van der Waals surface area contributed by atoms with Crippen molar-refractivity contribution in [3.8, 4) is 0 Å². The highest BCUT2D eigenvalue weighted by Crippen LogP contribution is 2.24. The van der Waals surface area contributed by atoms with Crippen LogP contribution in [0.15, 0.2) is 12.2 Å². The van der Waals surface area contributed by atoms with E-state index in [0.717, 1.165) is 0 Å². The SMILES string of the molecule is COC1(C)C=CC(=O)N1CCCO. The summed E-state index contributed by atoms with van der Waals surface area (Å²) in [6, 6.07) is 0. The highest BCUT2D eigenvalue weighted by molar-refractivity contribution is 5.91. The number of aliphatic hydroxyl groups is 1. The van der Waals surface area contributed by atoms with Gasteiger partial charge in [-0.3, -0.25) is 4.79 Å². The third-order valence-electron chi connectivity index (χ3n) is 2.29. The topological polar surface area (TPSA) is 49.8 Å². The fourth-order valence-electron chi connectivity index (χ4n) is 1.36. The molecular weight excluding hydrogens is 170 g/mol. The van der Waals surface area contributed by atoms with Crippen LogP contribution in [0.1, 0.15) is 13.3 Å². The molecule has 1 rings (SSSR count). The normalized spacial score (nSPS) is 27.3. The van der Waals surface area contributed by atoms with Crippen LogP contribution in [0.4, 0.5) is 0 Å². The van der Waals surface area contributed by atoms with Crippen molar-refractivity contribution in [2.45, 2.75) is 19.1 Å². The van der Waals surface area contributed by atoms with Gasteiger partial charge in [0.1, 0.15) is 0 Å². The molecule has 0 saturated heterocycles. The summed E-state index contributed by atoms with van der Waals surface area (Å²) in [5, 5.41) is 8.66. The Labute approximate surface area is 77.8 Å². The van der Waals surface area contributed by atoms with E-state index in [1.54, 1.807) is 18.1 Å². The van der Waals surface area contributed by atoms with E-state index in [2.05, 4.69) is 0 Å². The molecule has 1 aliphatic rings. The molecule has 0 aliphatic carbocycles. The molecule has 1 aliphatic heterocycles. The number of rotatable bonds is 4. The lowest BCUT2D eigenvalue weighted by molar-refractivity contribution is -0.143. The molecule has 0 aromatic carbocycles. The molecule has 0 aromatic rings. The number of carbonyl (C=O) groups excluding carboxylic acids is 1. The monoisotopic (exact) mass is 185 g/mol. The largest absolute Gasteiger partial charge is 0.396 e. The summed E-state index contributed by atoms with van der Waals surface area (Å²) in [4.78, 5) is 12.9. The lowest BCUT2D eigenvalue weighted by Gasteiger charge is -2.33. The van der Waals surface area contributed by atoms with Gasteiger partial charge in [-0.05, 0) is 19.4 Å². The lowest BCUT2D eigenvalue weighted by Crippen LogP contribution is -2.46.